The molecule has 116 valence electrons. The Balaban J connectivity index is 2.10. The number of aromatic nitrogens is 1. The van der Waals surface area contributed by atoms with Crippen LogP contribution in [0.5, 0.6) is 0 Å². The van der Waals surface area contributed by atoms with E-state index in [-0.39, 0.29) is 10.7 Å². The van der Waals surface area contributed by atoms with Crippen LogP contribution in [0.15, 0.2) is 28.4 Å². The number of amidine groups is 1. The van der Waals surface area contributed by atoms with Crippen LogP contribution in [-0.4, -0.2) is 68.3 Å². The molecule has 9 heteroatoms. The van der Waals surface area contributed by atoms with Gasteiger partial charge in [-0.15, -0.1) is 0 Å². The van der Waals surface area contributed by atoms with Gasteiger partial charge in [0, 0.05) is 38.6 Å². The lowest BCUT2D eigenvalue weighted by Crippen LogP contribution is -2.49. The minimum atomic E-state index is -3.31. The first kappa shape index (κ1) is 15.5. The maximum atomic E-state index is 11.8. The summed E-state index contributed by atoms with van der Waals surface area (Å²) in [6, 6.07) is 3.19. The lowest BCUT2D eigenvalue weighted by Gasteiger charge is -2.35. The van der Waals surface area contributed by atoms with Gasteiger partial charge in [-0.05, 0) is 12.1 Å². The maximum Gasteiger partial charge on any atom is 0.179 e. The molecule has 2 rings (SSSR count). The molecule has 1 saturated heterocycles. The van der Waals surface area contributed by atoms with E-state index in [2.05, 4.69) is 10.1 Å². The monoisotopic (exact) mass is 313 g/mol. The van der Waals surface area contributed by atoms with Crippen LogP contribution in [0, 0.1) is 0 Å². The maximum absolute atomic E-state index is 11.8. The number of nitrogens with two attached hydrogens (primary N) is 1. The van der Waals surface area contributed by atoms with Crippen molar-refractivity contribution in [2.75, 3.05) is 43.9 Å². The average Bonchev–Trinajstić information content (AvgIpc) is 2.47. The van der Waals surface area contributed by atoms with E-state index < -0.39 is 9.84 Å². The van der Waals surface area contributed by atoms with Crippen molar-refractivity contribution < 1.29 is 13.6 Å². The molecule has 0 amide bonds. The molecule has 0 unspecified atom stereocenters. The highest BCUT2D eigenvalue weighted by atomic mass is 32.2. The van der Waals surface area contributed by atoms with Crippen LogP contribution in [0.2, 0.25) is 0 Å². The SMILES string of the molecule is CS(=O)(=O)c1cccnc1N1CCN(C/C(N)=N/O)CC1. The molecule has 3 N–H and O–H groups in total. The number of rotatable bonds is 4. The van der Waals surface area contributed by atoms with Gasteiger partial charge in [-0.1, -0.05) is 5.16 Å². The third-order valence-corrected chi connectivity index (χ3v) is 4.45. The molecule has 0 bridgehead atoms. The molecule has 1 fully saturated rings. The topological polar surface area (TPSA) is 112 Å². The Morgan fingerprint density at radius 2 is 2.10 bits per heavy atom. The third kappa shape index (κ3) is 3.82. The van der Waals surface area contributed by atoms with Crippen molar-refractivity contribution in [2.24, 2.45) is 10.9 Å². The molecule has 8 nitrogen and oxygen atoms in total. The quantitative estimate of drug-likeness (QED) is 0.329. The summed E-state index contributed by atoms with van der Waals surface area (Å²) >= 11 is 0. The average molecular weight is 313 g/mol. The molecule has 1 aliphatic rings. The van der Waals surface area contributed by atoms with E-state index in [0.717, 1.165) is 0 Å². The first-order chi connectivity index (χ1) is 9.91. The van der Waals surface area contributed by atoms with Gasteiger partial charge in [0.25, 0.3) is 0 Å². The van der Waals surface area contributed by atoms with Crippen LogP contribution in [0.4, 0.5) is 5.82 Å². The third-order valence-electron chi connectivity index (χ3n) is 3.34. The number of nitrogens with zero attached hydrogens (tertiary/aromatic N) is 4. The fraction of sp³-hybridized carbons (Fsp3) is 0.500. The van der Waals surface area contributed by atoms with Gasteiger partial charge in [-0.3, -0.25) is 4.90 Å². The predicted molar refractivity (Wildman–Crippen MR) is 79.4 cm³/mol. The molecular formula is C12H19N5O3S. The first-order valence-electron chi connectivity index (χ1n) is 6.50. The second-order valence-corrected chi connectivity index (χ2v) is 6.94. The van der Waals surface area contributed by atoms with Crippen molar-refractivity contribution in [3.63, 3.8) is 0 Å². The zero-order chi connectivity index (χ0) is 15.5. The van der Waals surface area contributed by atoms with E-state index in [1.807, 2.05) is 9.80 Å². The molecule has 2 heterocycles. The Kier molecular flexibility index (Phi) is 4.63. The summed E-state index contributed by atoms with van der Waals surface area (Å²) in [4.78, 5) is 8.44. The summed E-state index contributed by atoms with van der Waals surface area (Å²) in [6.45, 7) is 3.05. The van der Waals surface area contributed by atoms with Gasteiger partial charge in [0.1, 0.15) is 10.7 Å². The lowest BCUT2D eigenvalue weighted by atomic mass is 10.3. The van der Waals surface area contributed by atoms with Crippen molar-refractivity contribution in [3.05, 3.63) is 18.3 Å². The minimum absolute atomic E-state index is 0.165. The highest BCUT2D eigenvalue weighted by Gasteiger charge is 2.23. The molecule has 0 aliphatic carbocycles. The molecule has 1 aliphatic heterocycles. The summed E-state index contributed by atoms with van der Waals surface area (Å²) in [7, 11) is -3.31. The van der Waals surface area contributed by atoms with Gasteiger partial charge < -0.3 is 15.8 Å². The Morgan fingerprint density at radius 3 is 2.67 bits per heavy atom. The Labute approximate surface area is 123 Å². The van der Waals surface area contributed by atoms with E-state index in [4.69, 9.17) is 10.9 Å². The zero-order valence-electron chi connectivity index (χ0n) is 11.8. The van der Waals surface area contributed by atoms with E-state index in [0.29, 0.717) is 38.5 Å². The van der Waals surface area contributed by atoms with E-state index in [1.54, 1.807) is 18.3 Å². The number of oxime groups is 1. The Hall–Kier alpha value is -1.87. The van der Waals surface area contributed by atoms with Gasteiger partial charge in [-0.2, -0.15) is 0 Å². The molecular weight excluding hydrogens is 294 g/mol. The van der Waals surface area contributed by atoms with Crippen LogP contribution in [0.3, 0.4) is 0 Å². The van der Waals surface area contributed by atoms with E-state index in [1.165, 1.54) is 6.26 Å². The number of hydrogen-bond acceptors (Lipinski definition) is 7. The van der Waals surface area contributed by atoms with E-state index in [9.17, 15) is 8.42 Å². The van der Waals surface area contributed by atoms with E-state index >= 15 is 0 Å². The van der Waals surface area contributed by atoms with Gasteiger partial charge in [0.05, 0.1) is 6.54 Å². The number of piperazine rings is 1. The van der Waals surface area contributed by atoms with Gasteiger partial charge in [0.15, 0.2) is 15.7 Å². The highest BCUT2D eigenvalue weighted by molar-refractivity contribution is 7.90. The number of anilines is 1. The summed E-state index contributed by atoms with van der Waals surface area (Å²) in [5.41, 5.74) is 5.48. The fourth-order valence-corrected chi connectivity index (χ4v) is 3.13. The van der Waals surface area contributed by atoms with Crippen molar-refractivity contribution >= 4 is 21.5 Å². The van der Waals surface area contributed by atoms with Gasteiger partial charge in [0.2, 0.25) is 0 Å². The second kappa shape index (κ2) is 6.27. The Bertz CT molecular complexity index is 624. The number of pyridine rings is 1. The van der Waals surface area contributed by atoms with Crippen LogP contribution >= 0.6 is 0 Å². The van der Waals surface area contributed by atoms with Crippen molar-refractivity contribution in [2.45, 2.75) is 4.90 Å². The van der Waals surface area contributed by atoms with Crippen molar-refractivity contribution in [1.82, 2.24) is 9.88 Å². The van der Waals surface area contributed by atoms with Crippen LogP contribution in [0.1, 0.15) is 0 Å². The highest BCUT2D eigenvalue weighted by Crippen LogP contribution is 2.23. The summed E-state index contributed by atoms with van der Waals surface area (Å²) in [5, 5.41) is 11.5. The smallest absolute Gasteiger partial charge is 0.179 e. The van der Waals surface area contributed by atoms with Crippen molar-refractivity contribution in [3.8, 4) is 0 Å². The predicted octanol–water partition coefficient (Wildman–Crippen LogP) is -0.646. The molecule has 0 radical (unpaired) electrons. The fourth-order valence-electron chi connectivity index (χ4n) is 2.29. The molecule has 0 spiro atoms. The molecule has 1 aromatic heterocycles. The van der Waals surface area contributed by atoms with Gasteiger partial charge >= 0.3 is 0 Å². The van der Waals surface area contributed by atoms with Crippen LogP contribution < -0.4 is 10.6 Å². The summed E-state index contributed by atoms with van der Waals surface area (Å²) in [6.07, 6.45) is 2.77. The van der Waals surface area contributed by atoms with Crippen LogP contribution in [0.25, 0.3) is 0 Å². The summed E-state index contributed by atoms with van der Waals surface area (Å²) < 4.78 is 23.6. The standard InChI is InChI=1S/C12H19N5O3S/c1-21(19,20)10-3-2-4-14-12(10)17-7-5-16(6-8-17)9-11(13)15-18/h2-4,18H,5-9H2,1H3,(H2,13,15). The molecule has 0 saturated carbocycles. The minimum Gasteiger partial charge on any atom is -0.409 e. The summed E-state index contributed by atoms with van der Waals surface area (Å²) in [5.74, 6) is 0.654. The number of sulfone groups is 1. The zero-order valence-corrected chi connectivity index (χ0v) is 12.6. The largest absolute Gasteiger partial charge is 0.409 e. The normalized spacial score (nSPS) is 18.0. The van der Waals surface area contributed by atoms with Crippen molar-refractivity contribution in [1.29, 1.82) is 0 Å². The van der Waals surface area contributed by atoms with Gasteiger partial charge in [-0.25, -0.2) is 13.4 Å². The first-order valence-corrected chi connectivity index (χ1v) is 8.39. The molecule has 21 heavy (non-hydrogen) atoms. The molecule has 1 aromatic rings. The molecule has 0 aromatic carbocycles. The van der Waals surface area contributed by atoms with Crippen LogP contribution in [-0.2, 0) is 9.84 Å². The molecule has 0 atom stereocenters. The Morgan fingerprint density at radius 1 is 1.43 bits per heavy atom. The number of hydrogen-bond donors (Lipinski definition) is 2. The second-order valence-electron chi connectivity index (χ2n) is 4.95. The lowest BCUT2D eigenvalue weighted by molar-refractivity contribution is 0.278.